The second kappa shape index (κ2) is 8.84. The van der Waals surface area contributed by atoms with Gasteiger partial charge in [0, 0.05) is 32.7 Å². The average molecular weight is 366 g/mol. The number of piperazine rings is 1. The normalized spacial score (nSPS) is 15.8. The zero-order valence-electron chi connectivity index (χ0n) is 14.9. The highest BCUT2D eigenvalue weighted by molar-refractivity contribution is 7.12. The van der Waals surface area contributed by atoms with Gasteiger partial charge in [-0.1, -0.05) is 19.9 Å². The molecule has 1 aromatic heterocycles. The Bertz CT molecular complexity index is 595. The van der Waals surface area contributed by atoms with Crippen molar-refractivity contribution in [3.8, 4) is 0 Å². The topological polar surface area (TPSA) is 81.8 Å². The van der Waals surface area contributed by atoms with Gasteiger partial charge in [-0.25, -0.2) is 4.79 Å². The van der Waals surface area contributed by atoms with E-state index in [1.165, 1.54) is 11.3 Å². The maximum absolute atomic E-state index is 12.8. The van der Waals surface area contributed by atoms with Crippen LogP contribution in [0, 0.1) is 5.92 Å². The van der Waals surface area contributed by atoms with Crippen molar-refractivity contribution < 1.29 is 14.4 Å². The average Bonchev–Trinajstić information content (AvgIpc) is 3.13. The Morgan fingerprint density at radius 2 is 1.80 bits per heavy atom. The Hall–Kier alpha value is -2.09. The lowest BCUT2D eigenvalue weighted by Gasteiger charge is -2.37. The Kier molecular flexibility index (Phi) is 6.81. The van der Waals surface area contributed by atoms with Crippen LogP contribution in [0.3, 0.4) is 0 Å². The first-order chi connectivity index (χ1) is 11.9. The van der Waals surface area contributed by atoms with Gasteiger partial charge in [-0.2, -0.15) is 0 Å². The lowest BCUT2D eigenvalue weighted by atomic mass is 10.0. The molecule has 7 nitrogen and oxygen atoms in total. The van der Waals surface area contributed by atoms with Crippen LogP contribution in [0.1, 0.15) is 30.4 Å². The molecule has 1 unspecified atom stereocenters. The van der Waals surface area contributed by atoms with Crippen molar-refractivity contribution in [2.45, 2.75) is 26.8 Å². The molecule has 1 aliphatic heterocycles. The minimum absolute atomic E-state index is 0.0159. The molecule has 1 fully saturated rings. The molecular formula is C17H26N4O3S. The summed E-state index contributed by atoms with van der Waals surface area (Å²) in [6, 6.07) is 2.89. The van der Waals surface area contributed by atoms with Gasteiger partial charge in [-0.15, -0.1) is 11.3 Å². The van der Waals surface area contributed by atoms with E-state index in [2.05, 4.69) is 10.6 Å². The van der Waals surface area contributed by atoms with E-state index in [9.17, 15) is 14.4 Å². The van der Waals surface area contributed by atoms with Crippen LogP contribution < -0.4 is 10.6 Å². The van der Waals surface area contributed by atoms with E-state index in [0.717, 1.165) is 0 Å². The second-order valence-electron chi connectivity index (χ2n) is 6.32. The fourth-order valence-corrected chi connectivity index (χ4v) is 3.35. The monoisotopic (exact) mass is 366 g/mol. The summed E-state index contributed by atoms with van der Waals surface area (Å²) in [6.07, 6.45) is 0. The maximum atomic E-state index is 12.8. The molecule has 1 aromatic rings. The van der Waals surface area contributed by atoms with E-state index in [0.29, 0.717) is 37.6 Å². The van der Waals surface area contributed by atoms with E-state index in [-0.39, 0.29) is 23.8 Å². The number of nitrogens with zero attached hydrogens (tertiary/aromatic N) is 2. The molecule has 4 amide bonds. The van der Waals surface area contributed by atoms with Gasteiger partial charge in [0.25, 0.3) is 5.91 Å². The van der Waals surface area contributed by atoms with Crippen LogP contribution in [0.5, 0.6) is 0 Å². The lowest BCUT2D eigenvalue weighted by molar-refractivity contribution is -0.135. The first kappa shape index (κ1) is 19.2. The van der Waals surface area contributed by atoms with Crippen LogP contribution in [0.4, 0.5) is 4.79 Å². The summed E-state index contributed by atoms with van der Waals surface area (Å²) in [7, 11) is 0. The summed E-state index contributed by atoms with van der Waals surface area (Å²) < 4.78 is 0. The van der Waals surface area contributed by atoms with Crippen molar-refractivity contribution in [2.24, 2.45) is 5.92 Å². The summed E-state index contributed by atoms with van der Waals surface area (Å²) in [4.78, 5) is 41.0. The standard InChI is InChI=1S/C17H26N4O3S/c1-4-18-17(24)21-9-7-20(8-10-21)16(23)14(12(2)3)19-15(22)13-6-5-11-25-13/h5-6,11-12,14H,4,7-10H2,1-3H3,(H,18,24)(H,19,22). The number of amides is 4. The van der Waals surface area contributed by atoms with E-state index in [1.807, 2.05) is 32.2 Å². The minimum atomic E-state index is -0.564. The van der Waals surface area contributed by atoms with Gasteiger partial charge in [0.1, 0.15) is 6.04 Å². The molecule has 8 heteroatoms. The van der Waals surface area contributed by atoms with Crippen LogP contribution in [0.2, 0.25) is 0 Å². The number of carbonyl (C=O) groups excluding carboxylic acids is 3. The predicted molar refractivity (Wildman–Crippen MR) is 97.6 cm³/mol. The molecule has 0 radical (unpaired) electrons. The molecule has 0 bridgehead atoms. The third-order valence-electron chi connectivity index (χ3n) is 4.17. The molecule has 1 saturated heterocycles. The van der Waals surface area contributed by atoms with Crippen molar-refractivity contribution in [2.75, 3.05) is 32.7 Å². The Morgan fingerprint density at radius 1 is 1.16 bits per heavy atom. The van der Waals surface area contributed by atoms with E-state index >= 15 is 0 Å². The van der Waals surface area contributed by atoms with E-state index in [1.54, 1.807) is 15.9 Å². The number of carbonyl (C=O) groups is 3. The molecule has 0 aliphatic carbocycles. The lowest BCUT2D eigenvalue weighted by Crippen LogP contribution is -2.58. The number of thiophene rings is 1. The van der Waals surface area contributed by atoms with Crippen LogP contribution >= 0.6 is 11.3 Å². The van der Waals surface area contributed by atoms with E-state index < -0.39 is 6.04 Å². The Labute approximate surface area is 152 Å². The Balaban J connectivity index is 1.94. The van der Waals surface area contributed by atoms with Crippen LogP contribution in [-0.2, 0) is 4.79 Å². The van der Waals surface area contributed by atoms with Gasteiger partial charge >= 0.3 is 6.03 Å². The molecule has 1 aliphatic rings. The summed E-state index contributed by atoms with van der Waals surface area (Å²) in [5, 5.41) is 7.46. The molecule has 138 valence electrons. The van der Waals surface area contributed by atoms with Gasteiger partial charge < -0.3 is 20.4 Å². The molecule has 0 saturated carbocycles. The highest BCUT2D eigenvalue weighted by Gasteiger charge is 2.31. The molecule has 1 atom stereocenters. The van der Waals surface area contributed by atoms with Gasteiger partial charge in [-0.3, -0.25) is 9.59 Å². The van der Waals surface area contributed by atoms with Crippen molar-refractivity contribution in [3.63, 3.8) is 0 Å². The van der Waals surface area contributed by atoms with Gasteiger partial charge in [0.2, 0.25) is 5.91 Å². The van der Waals surface area contributed by atoms with Crippen molar-refractivity contribution in [1.29, 1.82) is 0 Å². The third kappa shape index (κ3) is 4.94. The van der Waals surface area contributed by atoms with Crippen LogP contribution in [-0.4, -0.2) is 66.4 Å². The third-order valence-corrected chi connectivity index (χ3v) is 5.04. The second-order valence-corrected chi connectivity index (χ2v) is 7.27. The Morgan fingerprint density at radius 3 is 2.32 bits per heavy atom. The molecule has 2 N–H and O–H groups in total. The molecule has 0 spiro atoms. The fourth-order valence-electron chi connectivity index (χ4n) is 2.72. The zero-order valence-corrected chi connectivity index (χ0v) is 15.8. The number of nitrogens with one attached hydrogen (secondary N) is 2. The highest BCUT2D eigenvalue weighted by Crippen LogP contribution is 2.13. The van der Waals surface area contributed by atoms with Crippen LogP contribution in [0.15, 0.2) is 17.5 Å². The number of urea groups is 1. The number of rotatable bonds is 5. The smallest absolute Gasteiger partial charge is 0.317 e. The van der Waals surface area contributed by atoms with E-state index in [4.69, 9.17) is 0 Å². The minimum Gasteiger partial charge on any atom is -0.339 e. The number of hydrogen-bond acceptors (Lipinski definition) is 4. The van der Waals surface area contributed by atoms with Crippen molar-refractivity contribution in [3.05, 3.63) is 22.4 Å². The van der Waals surface area contributed by atoms with Crippen molar-refractivity contribution >= 4 is 29.2 Å². The maximum Gasteiger partial charge on any atom is 0.317 e. The van der Waals surface area contributed by atoms with Crippen molar-refractivity contribution in [1.82, 2.24) is 20.4 Å². The first-order valence-corrected chi connectivity index (χ1v) is 9.48. The van der Waals surface area contributed by atoms with Gasteiger partial charge in [0.15, 0.2) is 0 Å². The molecule has 0 aromatic carbocycles. The zero-order chi connectivity index (χ0) is 18.4. The largest absolute Gasteiger partial charge is 0.339 e. The quantitative estimate of drug-likeness (QED) is 0.826. The SMILES string of the molecule is CCNC(=O)N1CCN(C(=O)C(NC(=O)c2cccs2)C(C)C)CC1. The predicted octanol–water partition coefficient (Wildman–Crippen LogP) is 1.38. The summed E-state index contributed by atoms with van der Waals surface area (Å²) >= 11 is 1.35. The summed E-state index contributed by atoms with van der Waals surface area (Å²) in [5.74, 6) is -0.323. The summed E-state index contributed by atoms with van der Waals surface area (Å²) in [5.41, 5.74) is 0. The summed E-state index contributed by atoms with van der Waals surface area (Å²) in [6.45, 7) is 8.26. The first-order valence-electron chi connectivity index (χ1n) is 8.60. The molecule has 2 rings (SSSR count). The molecule has 25 heavy (non-hydrogen) atoms. The fraction of sp³-hybridized carbons (Fsp3) is 0.588. The van der Waals surface area contributed by atoms with Crippen LogP contribution in [0.25, 0.3) is 0 Å². The number of hydrogen-bond donors (Lipinski definition) is 2. The highest BCUT2D eigenvalue weighted by atomic mass is 32.1. The van der Waals surface area contributed by atoms with Gasteiger partial charge in [-0.05, 0) is 24.3 Å². The molecular weight excluding hydrogens is 340 g/mol. The molecule has 2 heterocycles. The van der Waals surface area contributed by atoms with Gasteiger partial charge in [0.05, 0.1) is 4.88 Å².